The van der Waals surface area contributed by atoms with Crippen molar-refractivity contribution in [2.45, 2.75) is 43.9 Å². The van der Waals surface area contributed by atoms with Gasteiger partial charge in [0.25, 0.3) is 0 Å². The number of aliphatic imine (C=N–C) groups is 1. The van der Waals surface area contributed by atoms with E-state index < -0.39 is 18.0 Å². The largest absolute Gasteiger partial charge is 0.434 e. The summed E-state index contributed by atoms with van der Waals surface area (Å²) in [7, 11) is 1.67. The van der Waals surface area contributed by atoms with E-state index in [1.54, 1.807) is 13.2 Å². The monoisotopic (exact) mass is 437 g/mol. The number of ether oxygens (including phenoxy) is 2. The maximum absolute atomic E-state index is 12.7. The third-order valence-corrected chi connectivity index (χ3v) is 5.63. The molecule has 168 valence electrons. The van der Waals surface area contributed by atoms with Crippen molar-refractivity contribution in [1.82, 2.24) is 15.6 Å². The fourth-order valence-electron chi connectivity index (χ4n) is 3.89. The summed E-state index contributed by atoms with van der Waals surface area (Å²) in [4.78, 5) is 6.56. The number of methoxy groups -OCH3 is 1. The van der Waals surface area contributed by atoms with Crippen molar-refractivity contribution in [3.05, 3.63) is 47.6 Å². The molecule has 5 unspecified atom stereocenters. The highest BCUT2D eigenvalue weighted by atomic mass is 19.4. The molecule has 0 radical (unpaired) electrons. The lowest BCUT2D eigenvalue weighted by Crippen LogP contribution is -2.43. The molecule has 0 bridgehead atoms. The van der Waals surface area contributed by atoms with Crippen LogP contribution < -0.4 is 10.7 Å². The molecule has 2 N–H and O–H groups in total. The second kappa shape index (κ2) is 8.78. The Balaban J connectivity index is 1.27. The molecule has 4 rings (SSSR count). The van der Waals surface area contributed by atoms with Crippen LogP contribution in [0.2, 0.25) is 0 Å². The van der Waals surface area contributed by atoms with Gasteiger partial charge in [-0.3, -0.25) is 10.4 Å². The van der Waals surface area contributed by atoms with Gasteiger partial charge in [0, 0.05) is 25.8 Å². The Kier molecular flexibility index (Phi) is 6.08. The Bertz CT molecular complexity index is 862. The molecule has 0 saturated carbocycles. The average molecular weight is 437 g/mol. The molecule has 0 aromatic carbocycles. The predicted octanol–water partition coefficient (Wildman–Crippen LogP) is 2.47. The normalized spacial score (nSPS) is 32.4. The van der Waals surface area contributed by atoms with Crippen molar-refractivity contribution in [2.24, 2.45) is 16.0 Å². The summed E-state index contributed by atoms with van der Waals surface area (Å²) in [6, 6.07) is 0.651. The van der Waals surface area contributed by atoms with Crippen LogP contribution in [-0.2, 0) is 9.47 Å². The number of hydrogen-bond donors (Lipinski definition) is 2. The van der Waals surface area contributed by atoms with Crippen molar-refractivity contribution >= 4 is 12.4 Å². The lowest BCUT2D eigenvalue weighted by molar-refractivity contribution is -0.0887. The summed E-state index contributed by atoms with van der Waals surface area (Å²) in [6.07, 6.45) is 7.24. The third kappa shape index (κ3) is 4.95. The molecule has 0 spiro atoms. The SMILES string of the molecule is COC1C=C(C2NN=C(NCC3C=CC(C(F)(F)F)=CC3)O2)C=CC1N1C=NC(C)C1. The van der Waals surface area contributed by atoms with Crippen molar-refractivity contribution < 1.29 is 22.6 Å². The first-order valence-corrected chi connectivity index (χ1v) is 10.2. The van der Waals surface area contributed by atoms with E-state index in [-0.39, 0.29) is 24.1 Å². The van der Waals surface area contributed by atoms with Gasteiger partial charge in [-0.15, -0.1) is 5.10 Å². The number of hydrogen-bond acceptors (Lipinski definition) is 7. The summed E-state index contributed by atoms with van der Waals surface area (Å²) < 4.78 is 49.6. The van der Waals surface area contributed by atoms with E-state index in [1.807, 2.05) is 18.5 Å². The molecular formula is C21H26F3N5O2. The molecule has 4 aliphatic rings. The first-order chi connectivity index (χ1) is 14.8. The van der Waals surface area contributed by atoms with Crippen LogP contribution in [0.25, 0.3) is 0 Å². The van der Waals surface area contributed by atoms with E-state index >= 15 is 0 Å². The molecule has 7 nitrogen and oxygen atoms in total. The lowest BCUT2D eigenvalue weighted by Gasteiger charge is -2.33. The van der Waals surface area contributed by atoms with Crippen molar-refractivity contribution in [2.75, 3.05) is 20.2 Å². The molecular weight excluding hydrogens is 411 g/mol. The number of halogens is 3. The Hall–Kier alpha value is -2.75. The molecule has 0 fully saturated rings. The second-order valence-electron chi connectivity index (χ2n) is 7.96. The van der Waals surface area contributed by atoms with E-state index in [2.05, 4.69) is 38.7 Å². The lowest BCUT2D eigenvalue weighted by atomic mass is 9.96. The minimum absolute atomic E-state index is 0.0617. The summed E-state index contributed by atoms with van der Waals surface area (Å²) in [6.45, 7) is 3.35. The number of nitrogens with zero attached hydrogens (tertiary/aromatic N) is 3. The van der Waals surface area contributed by atoms with Crippen LogP contribution in [0.3, 0.4) is 0 Å². The van der Waals surface area contributed by atoms with Crippen LogP contribution in [0, 0.1) is 5.92 Å². The number of hydrazone groups is 1. The molecule has 0 aromatic rings. The Labute approximate surface area is 179 Å². The van der Waals surface area contributed by atoms with Crippen LogP contribution >= 0.6 is 0 Å². The standard InChI is InChI=1S/C21H26F3N5O2/c1-13-11-29(12-26-13)17-8-5-15(9-18(17)30-2)19-27-28-20(31-19)25-10-14-3-6-16(7-4-14)21(22,23)24/h3,5-9,12-14,17-19,27H,4,10-11H2,1-2H3,(H,25,28). The van der Waals surface area contributed by atoms with Crippen molar-refractivity contribution in [3.63, 3.8) is 0 Å². The summed E-state index contributed by atoms with van der Waals surface area (Å²) in [5, 5.41) is 7.21. The maximum atomic E-state index is 12.7. The van der Waals surface area contributed by atoms with Gasteiger partial charge in [0.1, 0.15) is 0 Å². The predicted molar refractivity (Wildman–Crippen MR) is 111 cm³/mol. The molecule has 2 aliphatic heterocycles. The smallest absolute Gasteiger partial charge is 0.416 e. The van der Waals surface area contributed by atoms with Gasteiger partial charge >= 0.3 is 12.2 Å². The van der Waals surface area contributed by atoms with Gasteiger partial charge in [-0.05, 0) is 25.3 Å². The third-order valence-electron chi connectivity index (χ3n) is 5.63. The molecule has 5 atom stereocenters. The molecule has 10 heteroatoms. The molecule has 2 heterocycles. The van der Waals surface area contributed by atoms with E-state index in [1.165, 1.54) is 6.08 Å². The Morgan fingerprint density at radius 1 is 1.32 bits per heavy atom. The number of rotatable bonds is 5. The van der Waals surface area contributed by atoms with E-state index in [0.29, 0.717) is 19.0 Å². The van der Waals surface area contributed by atoms with Gasteiger partial charge in [-0.2, -0.15) is 13.2 Å². The van der Waals surface area contributed by atoms with Crippen LogP contribution in [0.4, 0.5) is 13.2 Å². The summed E-state index contributed by atoms with van der Waals surface area (Å²) in [5.74, 6) is -0.0617. The van der Waals surface area contributed by atoms with Gasteiger partial charge in [0.15, 0.2) is 0 Å². The molecule has 31 heavy (non-hydrogen) atoms. The second-order valence-corrected chi connectivity index (χ2v) is 7.96. The van der Waals surface area contributed by atoms with Gasteiger partial charge in [-0.25, -0.2) is 0 Å². The van der Waals surface area contributed by atoms with Crippen LogP contribution in [0.15, 0.2) is 57.7 Å². The van der Waals surface area contributed by atoms with Crippen molar-refractivity contribution in [1.29, 1.82) is 0 Å². The van der Waals surface area contributed by atoms with Gasteiger partial charge < -0.3 is 19.7 Å². The van der Waals surface area contributed by atoms with E-state index in [4.69, 9.17) is 9.47 Å². The van der Waals surface area contributed by atoms with E-state index in [0.717, 1.165) is 18.2 Å². The van der Waals surface area contributed by atoms with Gasteiger partial charge in [-0.1, -0.05) is 30.4 Å². The topological polar surface area (TPSA) is 70.5 Å². The number of allylic oxidation sites excluding steroid dienone is 3. The fraction of sp³-hybridized carbons (Fsp3) is 0.524. The zero-order chi connectivity index (χ0) is 22.0. The minimum atomic E-state index is -4.30. The summed E-state index contributed by atoms with van der Waals surface area (Å²) >= 11 is 0. The highest BCUT2D eigenvalue weighted by Crippen LogP contribution is 2.30. The van der Waals surface area contributed by atoms with E-state index in [9.17, 15) is 13.2 Å². The number of nitrogens with one attached hydrogen (secondary N) is 2. The fourth-order valence-corrected chi connectivity index (χ4v) is 3.89. The number of amidine groups is 1. The first kappa shape index (κ1) is 21.5. The number of alkyl halides is 3. The molecule has 0 amide bonds. The highest BCUT2D eigenvalue weighted by molar-refractivity contribution is 5.75. The quantitative estimate of drug-likeness (QED) is 0.692. The Morgan fingerprint density at radius 3 is 2.81 bits per heavy atom. The van der Waals surface area contributed by atoms with Crippen LogP contribution in [-0.4, -0.2) is 68.1 Å². The highest BCUT2D eigenvalue weighted by Gasteiger charge is 2.34. The minimum Gasteiger partial charge on any atom is -0.434 e. The van der Waals surface area contributed by atoms with Crippen LogP contribution in [0.5, 0.6) is 0 Å². The maximum Gasteiger partial charge on any atom is 0.416 e. The van der Waals surface area contributed by atoms with Gasteiger partial charge in [0.05, 0.1) is 30.1 Å². The van der Waals surface area contributed by atoms with Crippen molar-refractivity contribution in [3.8, 4) is 0 Å². The molecule has 0 aromatic heterocycles. The Morgan fingerprint density at radius 2 is 2.16 bits per heavy atom. The molecule has 0 saturated heterocycles. The zero-order valence-electron chi connectivity index (χ0n) is 17.3. The average Bonchev–Trinajstić information content (AvgIpc) is 3.40. The zero-order valence-corrected chi connectivity index (χ0v) is 17.3. The summed E-state index contributed by atoms with van der Waals surface area (Å²) in [5.41, 5.74) is 3.23. The molecule has 2 aliphatic carbocycles. The van der Waals surface area contributed by atoms with Crippen LogP contribution in [0.1, 0.15) is 13.3 Å². The van der Waals surface area contributed by atoms with Gasteiger partial charge in [0.2, 0.25) is 6.23 Å². The first-order valence-electron chi connectivity index (χ1n) is 10.2.